The molecule has 3 aliphatic rings. The van der Waals surface area contributed by atoms with Crippen LogP contribution in [0, 0.1) is 0 Å². The fourth-order valence-electron chi connectivity index (χ4n) is 10.2. The average molecular weight is 1130 g/mol. The summed E-state index contributed by atoms with van der Waals surface area (Å²) < 4.78 is 55.9. The van der Waals surface area contributed by atoms with Gasteiger partial charge in [-0.3, -0.25) is 19.8 Å². The van der Waals surface area contributed by atoms with Crippen molar-refractivity contribution < 1.29 is 41.7 Å². The van der Waals surface area contributed by atoms with Crippen LogP contribution in [0.15, 0.2) is 157 Å². The van der Waals surface area contributed by atoms with E-state index in [1.165, 1.54) is 25.3 Å². The molecule has 6 aromatic carbocycles. The molecule has 2 aromatic heterocycles. The maximum atomic E-state index is 13.2. The molecule has 3 aliphatic heterocycles. The number of rotatable bonds is 17. The predicted molar refractivity (Wildman–Crippen MR) is 321 cm³/mol. The lowest BCUT2D eigenvalue weighted by Gasteiger charge is -2.26. The van der Waals surface area contributed by atoms with Gasteiger partial charge in [0.05, 0.1) is 80.1 Å². The molecule has 18 nitrogen and oxygen atoms in total. The number of methoxy groups -OCH3 is 1. The number of hydrogen-bond donors (Lipinski definition) is 5. The summed E-state index contributed by atoms with van der Waals surface area (Å²) >= 11 is 0. The van der Waals surface area contributed by atoms with Crippen LogP contribution in [0.3, 0.4) is 0 Å². The fraction of sp³-hybridized carbons (Fsp3) is 0.302. The Morgan fingerprint density at radius 3 is 1.62 bits per heavy atom. The molecule has 0 atom stereocenters. The van der Waals surface area contributed by atoms with Crippen LogP contribution >= 0.6 is 0 Å². The second-order valence-corrected chi connectivity index (χ2v) is 22.0. The molecular formula is C63H69N9O9S. The van der Waals surface area contributed by atoms with Crippen molar-refractivity contribution in [3.63, 3.8) is 0 Å². The molecule has 3 fully saturated rings. The third-order valence-electron chi connectivity index (χ3n) is 14.6. The van der Waals surface area contributed by atoms with E-state index in [1.807, 2.05) is 117 Å². The molecule has 5 N–H and O–H groups in total. The molecule has 0 radical (unpaired) electrons. The number of hydrogen-bond acceptors (Lipinski definition) is 13. The van der Waals surface area contributed by atoms with Crippen molar-refractivity contribution in [2.45, 2.75) is 50.5 Å². The molecule has 11 rings (SSSR count). The van der Waals surface area contributed by atoms with Gasteiger partial charge in [0.25, 0.3) is 0 Å². The summed E-state index contributed by atoms with van der Waals surface area (Å²) in [5, 5.41) is 15.4. The number of urea groups is 2. The van der Waals surface area contributed by atoms with E-state index >= 15 is 0 Å². The standard InChI is InChI=1S/C32H37N5O5S.C31H32N4O4/c1-3-4-15-34-43(39,40)25-11-14-31(41-2)30(20-25)36-32(38)35-29-13-12-26(27-7-5-6-8-28(27)29)23-9-10-24(33-21-23)22-37-16-18-42-19-17-37;1-31(38-17-18-39-31)23-5-4-6-24(19-23)33-30(36)34-29-12-11-26(27-7-2-3-8-28(27)29)22-9-10-25(32-20-22)21-35-13-15-37-16-14-35/h5-14,20-21,34H,3-4,15-19,22H2,1-2H3,(H2,35,36,38);2-12,19-20H,13-18,21H2,1H3,(H2,33,34,36). The van der Waals surface area contributed by atoms with Gasteiger partial charge in [-0.2, -0.15) is 0 Å². The molecule has 426 valence electrons. The predicted octanol–water partition coefficient (Wildman–Crippen LogP) is 11.1. The van der Waals surface area contributed by atoms with Crippen molar-refractivity contribution in [2.24, 2.45) is 0 Å². The Bertz CT molecular complexity index is 3610. The topological polar surface area (TPSA) is 207 Å². The lowest BCUT2D eigenvalue weighted by Crippen LogP contribution is -2.35. The number of aromatic nitrogens is 2. The molecule has 4 amide bonds. The zero-order chi connectivity index (χ0) is 56.9. The molecule has 82 heavy (non-hydrogen) atoms. The van der Waals surface area contributed by atoms with E-state index in [1.54, 1.807) is 0 Å². The number of carbonyl (C=O) groups excluding carboxylic acids is 2. The van der Waals surface area contributed by atoms with E-state index in [-0.39, 0.29) is 16.6 Å². The summed E-state index contributed by atoms with van der Waals surface area (Å²) in [6, 6.07) is 43.1. The number of carbonyl (C=O) groups is 2. The molecule has 0 spiro atoms. The van der Waals surface area contributed by atoms with Gasteiger partial charge < -0.3 is 45.0 Å². The van der Waals surface area contributed by atoms with Crippen molar-refractivity contribution in [3.8, 4) is 28.0 Å². The Morgan fingerprint density at radius 1 is 0.585 bits per heavy atom. The summed E-state index contributed by atoms with van der Waals surface area (Å²) in [4.78, 5) is 40.3. The Labute approximate surface area is 478 Å². The van der Waals surface area contributed by atoms with E-state index in [0.717, 1.165) is 145 Å². The Kier molecular flexibility index (Phi) is 18.8. The van der Waals surface area contributed by atoms with Gasteiger partial charge in [0.15, 0.2) is 5.79 Å². The second-order valence-electron chi connectivity index (χ2n) is 20.3. The number of pyridine rings is 2. The zero-order valence-electron chi connectivity index (χ0n) is 46.4. The summed E-state index contributed by atoms with van der Waals surface area (Å²) in [6.07, 6.45) is 5.42. The summed E-state index contributed by atoms with van der Waals surface area (Å²) in [5.74, 6) is -0.456. The van der Waals surface area contributed by atoms with Crippen molar-refractivity contribution in [1.82, 2.24) is 24.5 Å². The van der Waals surface area contributed by atoms with Crippen LogP contribution in [-0.2, 0) is 47.8 Å². The van der Waals surface area contributed by atoms with Gasteiger partial charge in [-0.15, -0.1) is 0 Å². The maximum absolute atomic E-state index is 13.2. The Hall–Kier alpha value is -7.85. The first kappa shape index (κ1) is 57.4. The number of nitrogens with zero attached hydrogens (tertiary/aromatic N) is 4. The molecule has 0 unspecified atom stereocenters. The van der Waals surface area contributed by atoms with Crippen LogP contribution < -0.4 is 30.7 Å². The monoisotopic (exact) mass is 1130 g/mol. The Balaban J connectivity index is 0.000000184. The van der Waals surface area contributed by atoms with Gasteiger partial charge >= 0.3 is 12.1 Å². The number of unbranched alkanes of at least 4 members (excludes halogenated alkanes) is 1. The van der Waals surface area contributed by atoms with Crippen molar-refractivity contribution in [2.75, 3.05) is 101 Å². The van der Waals surface area contributed by atoms with Crippen molar-refractivity contribution >= 4 is 66.4 Å². The van der Waals surface area contributed by atoms with Gasteiger partial charge in [0.1, 0.15) is 5.75 Å². The number of nitrogens with one attached hydrogen (secondary N) is 5. The first-order valence-corrected chi connectivity index (χ1v) is 29.2. The molecule has 8 aromatic rings. The van der Waals surface area contributed by atoms with Gasteiger partial charge in [0.2, 0.25) is 10.0 Å². The van der Waals surface area contributed by atoms with E-state index in [9.17, 15) is 18.0 Å². The third kappa shape index (κ3) is 14.2. The van der Waals surface area contributed by atoms with Crippen LogP contribution in [-0.4, -0.2) is 120 Å². The van der Waals surface area contributed by atoms with Crippen molar-refractivity contribution in [3.05, 3.63) is 169 Å². The zero-order valence-corrected chi connectivity index (χ0v) is 47.2. The second kappa shape index (κ2) is 26.8. The van der Waals surface area contributed by atoms with Gasteiger partial charge in [-0.1, -0.05) is 98.3 Å². The Morgan fingerprint density at radius 2 is 1.11 bits per heavy atom. The van der Waals surface area contributed by atoms with Crippen LogP contribution in [0.4, 0.5) is 32.3 Å². The van der Waals surface area contributed by atoms with Gasteiger partial charge in [-0.05, 0) is 89.8 Å². The highest BCUT2D eigenvalue weighted by molar-refractivity contribution is 7.89. The number of fused-ring (bicyclic) bond motifs is 2. The van der Waals surface area contributed by atoms with Crippen molar-refractivity contribution in [1.29, 1.82) is 0 Å². The number of benzene rings is 6. The minimum absolute atomic E-state index is 0.0408. The highest BCUT2D eigenvalue weighted by Crippen LogP contribution is 2.37. The SMILES string of the molecule is CC1(c2cccc(NC(=O)Nc3ccc(-c4ccc(CN5CCOCC5)nc4)c4ccccc34)c2)OCCO1.CCCCNS(=O)(=O)c1ccc(OC)c(NC(=O)Nc2ccc(-c3ccc(CN4CCOCC4)nc3)c3ccccc23)c1. The molecule has 5 heterocycles. The summed E-state index contributed by atoms with van der Waals surface area (Å²) in [6.45, 7) is 13.7. The van der Waals surface area contributed by atoms with Gasteiger partial charge in [0, 0.05) is 91.4 Å². The number of anilines is 4. The maximum Gasteiger partial charge on any atom is 0.323 e. The van der Waals surface area contributed by atoms with Gasteiger partial charge in [-0.25, -0.2) is 22.7 Å². The molecule has 3 saturated heterocycles. The smallest absolute Gasteiger partial charge is 0.323 e. The third-order valence-corrected chi connectivity index (χ3v) is 16.1. The van der Waals surface area contributed by atoms with Crippen LogP contribution in [0.2, 0.25) is 0 Å². The molecule has 0 bridgehead atoms. The summed E-state index contributed by atoms with van der Waals surface area (Å²) in [7, 11) is -2.27. The van der Waals surface area contributed by atoms with E-state index < -0.39 is 21.8 Å². The highest BCUT2D eigenvalue weighted by Gasteiger charge is 2.33. The van der Waals surface area contributed by atoms with E-state index in [2.05, 4.69) is 66.1 Å². The normalized spacial score (nSPS) is 15.5. The summed E-state index contributed by atoms with van der Waals surface area (Å²) in [5.41, 5.74) is 9.24. The molecule has 19 heteroatoms. The molecular weight excluding hydrogens is 1060 g/mol. The van der Waals surface area contributed by atoms with Crippen LogP contribution in [0.5, 0.6) is 5.75 Å². The number of morpholine rings is 2. The minimum Gasteiger partial charge on any atom is -0.495 e. The number of sulfonamides is 1. The lowest BCUT2D eigenvalue weighted by molar-refractivity contribution is -0.149. The number of amides is 4. The van der Waals surface area contributed by atoms with E-state index in [0.29, 0.717) is 36.9 Å². The quantitative estimate of drug-likeness (QED) is 0.0539. The number of ether oxygens (including phenoxy) is 5. The largest absolute Gasteiger partial charge is 0.495 e. The molecule has 0 aliphatic carbocycles. The van der Waals surface area contributed by atoms with Crippen LogP contribution in [0.1, 0.15) is 43.6 Å². The van der Waals surface area contributed by atoms with Crippen LogP contribution in [0.25, 0.3) is 43.8 Å². The first-order valence-electron chi connectivity index (χ1n) is 27.7. The highest BCUT2D eigenvalue weighted by atomic mass is 32.2. The average Bonchev–Trinajstić information content (AvgIpc) is 4.03. The molecule has 0 saturated carbocycles. The fourth-order valence-corrected chi connectivity index (χ4v) is 11.3. The first-order chi connectivity index (χ1) is 39.9. The van der Waals surface area contributed by atoms with E-state index in [4.69, 9.17) is 33.7 Å². The lowest BCUT2D eigenvalue weighted by atomic mass is 9.98. The minimum atomic E-state index is -3.73.